The van der Waals surface area contributed by atoms with E-state index in [1.54, 1.807) is 24.4 Å². The van der Waals surface area contributed by atoms with Gasteiger partial charge in [0.25, 0.3) is 0 Å². The summed E-state index contributed by atoms with van der Waals surface area (Å²) in [5.41, 5.74) is 0.585. The number of para-hydroxylation sites is 1. The Morgan fingerprint density at radius 2 is 1.82 bits per heavy atom. The van der Waals surface area contributed by atoms with E-state index in [4.69, 9.17) is 9.47 Å². The number of hydrogen-bond donors (Lipinski definition) is 4. The van der Waals surface area contributed by atoms with Gasteiger partial charge in [-0.05, 0) is 12.1 Å². The van der Waals surface area contributed by atoms with Crippen LogP contribution in [-0.2, 0) is 4.74 Å². The standard InChI is InChI=1S/C15H17NO6/c17-7-10-12(18)13(19)14(20)15(22-10)21-9-5-1-3-8-4-2-6-16-11(8)9/h1-6,10,12-15,17-20H,7H2/t10?,12-,13+,14?,15+/m0/s1. The molecule has 1 aromatic carbocycles. The Morgan fingerprint density at radius 1 is 1.05 bits per heavy atom. The Labute approximate surface area is 126 Å². The van der Waals surface area contributed by atoms with Crippen LogP contribution in [0.2, 0.25) is 0 Å². The molecular formula is C15H17NO6. The molecule has 7 heteroatoms. The first kappa shape index (κ1) is 15.1. The molecule has 22 heavy (non-hydrogen) atoms. The Kier molecular flexibility index (Phi) is 4.23. The van der Waals surface area contributed by atoms with Crippen LogP contribution < -0.4 is 4.74 Å². The molecule has 1 aliphatic heterocycles. The maximum Gasteiger partial charge on any atom is 0.229 e. The lowest BCUT2D eigenvalue weighted by molar-refractivity contribution is -0.277. The van der Waals surface area contributed by atoms with Crippen molar-refractivity contribution >= 4 is 10.9 Å². The topological polar surface area (TPSA) is 112 Å². The number of fused-ring (bicyclic) bond motifs is 1. The lowest BCUT2D eigenvalue weighted by Gasteiger charge is -2.39. The second-order valence-electron chi connectivity index (χ2n) is 5.15. The van der Waals surface area contributed by atoms with E-state index in [9.17, 15) is 20.4 Å². The van der Waals surface area contributed by atoms with Crippen LogP contribution in [-0.4, -0.2) is 62.7 Å². The lowest BCUT2D eigenvalue weighted by atomic mass is 9.99. The molecule has 5 atom stereocenters. The van der Waals surface area contributed by atoms with E-state index in [0.717, 1.165) is 5.39 Å². The van der Waals surface area contributed by atoms with Crippen LogP contribution in [0.4, 0.5) is 0 Å². The third kappa shape index (κ3) is 2.65. The summed E-state index contributed by atoms with van der Waals surface area (Å²) >= 11 is 0. The van der Waals surface area contributed by atoms with Gasteiger partial charge in [-0.2, -0.15) is 0 Å². The summed E-state index contributed by atoms with van der Waals surface area (Å²) in [6, 6.07) is 8.95. The number of hydrogen-bond acceptors (Lipinski definition) is 7. The highest BCUT2D eigenvalue weighted by atomic mass is 16.7. The molecule has 4 N–H and O–H groups in total. The van der Waals surface area contributed by atoms with Gasteiger partial charge in [0.05, 0.1) is 6.61 Å². The second-order valence-corrected chi connectivity index (χ2v) is 5.15. The predicted octanol–water partition coefficient (Wildman–Crippen LogP) is -0.587. The zero-order valence-corrected chi connectivity index (χ0v) is 11.6. The molecule has 0 aliphatic carbocycles. The van der Waals surface area contributed by atoms with Gasteiger partial charge in [-0.15, -0.1) is 0 Å². The van der Waals surface area contributed by atoms with Gasteiger partial charge >= 0.3 is 0 Å². The largest absolute Gasteiger partial charge is 0.460 e. The number of aliphatic hydroxyl groups excluding tert-OH is 4. The van der Waals surface area contributed by atoms with E-state index < -0.39 is 37.3 Å². The fraction of sp³-hybridized carbons (Fsp3) is 0.400. The molecule has 3 rings (SSSR count). The maximum absolute atomic E-state index is 9.99. The normalized spacial score (nSPS) is 32.1. The van der Waals surface area contributed by atoms with Crippen LogP contribution in [0.3, 0.4) is 0 Å². The van der Waals surface area contributed by atoms with E-state index >= 15 is 0 Å². The number of pyridine rings is 1. The van der Waals surface area contributed by atoms with Crippen LogP contribution in [0, 0.1) is 0 Å². The van der Waals surface area contributed by atoms with Crippen molar-refractivity contribution in [2.45, 2.75) is 30.7 Å². The summed E-state index contributed by atoms with van der Waals surface area (Å²) in [6.45, 7) is -0.501. The van der Waals surface area contributed by atoms with Gasteiger partial charge in [-0.3, -0.25) is 4.98 Å². The molecule has 7 nitrogen and oxygen atoms in total. The summed E-state index contributed by atoms with van der Waals surface area (Å²) in [4.78, 5) is 4.22. The predicted molar refractivity (Wildman–Crippen MR) is 76.1 cm³/mol. The van der Waals surface area contributed by atoms with Crippen molar-refractivity contribution in [1.82, 2.24) is 4.98 Å². The molecule has 0 amide bonds. The summed E-state index contributed by atoms with van der Waals surface area (Å²) in [6.07, 6.45) is -4.95. The van der Waals surface area contributed by atoms with Crippen molar-refractivity contribution in [1.29, 1.82) is 0 Å². The van der Waals surface area contributed by atoms with Gasteiger partial charge in [0, 0.05) is 11.6 Å². The summed E-state index contributed by atoms with van der Waals surface area (Å²) < 4.78 is 10.9. The summed E-state index contributed by atoms with van der Waals surface area (Å²) in [5, 5.41) is 39.5. The molecule has 1 saturated heterocycles. The highest BCUT2D eigenvalue weighted by molar-refractivity contribution is 5.84. The molecule has 0 spiro atoms. The first-order chi connectivity index (χ1) is 10.6. The molecule has 2 heterocycles. The molecule has 0 radical (unpaired) electrons. The number of benzene rings is 1. The highest BCUT2D eigenvalue weighted by Crippen LogP contribution is 2.28. The number of rotatable bonds is 3. The van der Waals surface area contributed by atoms with Gasteiger partial charge in [-0.1, -0.05) is 18.2 Å². The van der Waals surface area contributed by atoms with Gasteiger partial charge < -0.3 is 29.9 Å². The Hall–Kier alpha value is -1.77. The smallest absolute Gasteiger partial charge is 0.229 e. The maximum atomic E-state index is 9.99. The average Bonchev–Trinajstić information content (AvgIpc) is 2.55. The van der Waals surface area contributed by atoms with Crippen molar-refractivity contribution in [2.24, 2.45) is 0 Å². The minimum Gasteiger partial charge on any atom is -0.460 e. The third-order valence-corrected chi connectivity index (χ3v) is 3.69. The number of nitrogens with zero attached hydrogens (tertiary/aromatic N) is 1. The van der Waals surface area contributed by atoms with Crippen molar-refractivity contribution in [3.8, 4) is 5.75 Å². The minimum atomic E-state index is -1.47. The van der Waals surface area contributed by atoms with Gasteiger partial charge in [0.15, 0.2) is 0 Å². The molecule has 118 valence electrons. The fourth-order valence-electron chi connectivity index (χ4n) is 2.46. The van der Waals surface area contributed by atoms with Gasteiger partial charge in [0.1, 0.15) is 35.7 Å². The average molecular weight is 307 g/mol. The van der Waals surface area contributed by atoms with Gasteiger partial charge in [0.2, 0.25) is 6.29 Å². The number of aliphatic hydroxyl groups is 4. The van der Waals surface area contributed by atoms with Gasteiger partial charge in [-0.25, -0.2) is 0 Å². The van der Waals surface area contributed by atoms with E-state index in [1.165, 1.54) is 0 Å². The minimum absolute atomic E-state index is 0.377. The SMILES string of the molecule is OCC1O[C@@H](Oc2cccc3cccnc23)C(O)[C@H](O)[C@H]1O. The van der Waals surface area contributed by atoms with E-state index in [-0.39, 0.29) is 0 Å². The van der Waals surface area contributed by atoms with Crippen LogP contribution in [0.15, 0.2) is 36.5 Å². The number of aromatic nitrogens is 1. The molecule has 0 bridgehead atoms. The molecule has 1 aromatic heterocycles. The lowest BCUT2D eigenvalue weighted by Crippen LogP contribution is -2.60. The molecule has 1 aliphatic rings. The highest BCUT2D eigenvalue weighted by Gasteiger charge is 2.44. The van der Waals surface area contributed by atoms with E-state index in [1.807, 2.05) is 12.1 Å². The van der Waals surface area contributed by atoms with Crippen molar-refractivity contribution in [2.75, 3.05) is 6.61 Å². The van der Waals surface area contributed by atoms with Crippen molar-refractivity contribution in [3.05, 3.63) is 36.5 Å². The molecule has 1 fully saturated rings. The van der Waals surface area contributed by atoms with E-state index in [2.05, 4.69) is 4.98 Å². The molecular weight excluding hydrogens is 290 g/mol. The zero-order valence-electron chi connectivity index (χ0n) is 11.6. The van der Waals surface area contributed by atoms with Crippen LogP contribution in [0.5, 0.6) is 5.75 Å². The van der Waals surface area contributed by atoms with Crippen molar-refractivity contribution < 1.29 is 29.9 Å². The monoisotopic (exact) mass is 307 g/mol. The Morgan fingerprint density at radius 3 is 2.59 bits per heavy atom. The summed E-state index contributed by atoms with van der Waals surface area (Å²) in [7, 11) is 0. The third-order valence-electron chi connectivity index (χ3n) is 3.69. The summed E-state index contributed by atoms with van der Waals surface area (Å²) in [5.74, 6) is 0.377. The first-order valence-corrected chi connectivity index (χ1v) is 6.92. The van der Waals surface area contributed by atoms with E-state index in [0.29, 0.717) is 11.3 Å². The molecule has 2 aromatic rings. The van der Waals surface area contributed by atoms with Crippen molar-refractivity contribution in [3.63, 3.8) is 0 Å². The van der Waals surface area contributed by atoms with Crippen LogP contribution >= 0.6 is 0 Å². The molecule has 0 saturated carbocycles. The quantitative estimate of drug-likeness (QED) is 0.600. The van der Waals surface area contributed by atoms with Crippen LogP contribution in [0.25, 0.3) is 10.9 Å². The second kappa shape index (κ2) is 6.15. The first-order valence-electron chi connectivity index (χ1n) is 6.92. The van der Waals surface area contributed by atoms with Crippen LogP contribution in [0.1, 0.15) is 0 Å². The molecule has 2 unspecified atom stereocenters. The Balaban J connectivity index is 1.87. The number of ether oxygens (including phenoxy) is 2. The Bertz CT molecular complexity index is 643. The fourth-order valence-corrected chi connectivity index (χ4v) is 2.46. The zero-order chi connectivity index (χ0) is 15.7.